The second-order valence-electron chi connectivity index (χ2n) is 10.6. The van der Waals surface area contributed by atoms with Crippen molar-refractivity contribution in [3.8, 4) is 0 Å². The molecular weight excluding hydrogens is 550 g/mol. The smallest absolute Gasteiger partial charge is 0.264 e. The van der Waals surface area contributed by atoms with E-state index >= 15 is 0 Å². The number of hydrogen-bond donors (Lipinski definition) is 1. The fourth-order valence-corrected chi connectivity index (χ4v) is 7.08. The number of anilines is 1. The zero-order valence-corrected chi connectivity index (χ0v) is 24.2. The van der Waals surface area contributed by atoms with Gasteiger partial charge in [0.15, 0.2) is 0 Å². The molecule has 1 amide bonds. The highest BCUT2D eigenvalue weighted by atomic mass is 32.2. The van der Waals surface area contributed by atoms with Gasteiger partial charge in [-0.25, -0.2) is 8.42 Å². The van der Waals surface area contributed by atoms with Crippen LogP contribution in [0, 0.1) is 6.92 Å². The largest absolute Gasteiger partial charge is 0.389 e. The number of amides is 1. The highest BCUT2D eigenvalue weighted by Gasteiger charge is 2.29. The molecule has 4 aromatic carbocycles. The van der Waals surface area contributed by atoms with Crippen molar-refractivity contribution in [3.05, 3.63) is 108 Å². The summed E-state index contributed by atoms with van der Waals surface area (Å²) in [6, 6.07) is 29.2. The number of carbonyl (C=O) groups excluding carboxylic acids is 1. The van der Waals surface area contributed by atoms with Gasteiger partial charge in [-0.1, -0.05) is 60.2 Å². The molecule has 1 fully saturated rings. The topological polar surface area (TPSA) is 92.1 Å². The number of benzene rings is 4. The van der Waals surface area contributed by atoms with Crippen molar-refractivity contribution in [2.75, 3.05) is 37.2 Å². The fraction of sp³-hybridized carbons (Fsp3) is 0.242. The Morgan fingerprint density at radius 1 is 0.881 bits per heavy atom. The van der Waals surface area contributed by atoms with Crippen LogP contribution < -0.4 is 4.31 Å². The molecule has 0 spiro atoms. The number of hydrogen-bond acceptors (Lipinski definition) is 5. The van der Waals surface area contributed by atoms with Gasteiger partial charge in [-0.2, -0.15) is 0 Å². The summed E-state index contributed by atoms with van der Waals surface area (Å²) in [6.45, 7) is 3.76. The third-order valence-corrected chi connectivity index (χ3v) is 9.55. The summed E-state index contributed by atoms with van der Waals surface area (Å²) in [6.07, 6.45) is -1.05. The average molecular weight is 584 g/mol. The van der Waals surface area contributed by atoms with Crippen LogP contribution in [0.1, 0.15) is 15.9 Å². The van der Waals surface area contributed by atoms with Crippen molar-refractivity contribution in [2.45, 2.75) is 24.5 Å². The molecule has 6 rings (SSSR count). The Labute approximate surface area is 245 Å². The Morgan fingerprint density at radius 3 is 2.14 bits per heavy atom. The van der Waals surface area contributed by atoms with Crippen LogP contribution in [-0.4, -0.2) is 67.9 Å². The molecule has 1 saturated heterocycles. The summed E-state index contributed by atoms with van der Waals surface area (Å²) in [5.74, 6) is -0.182. The molecule has 0 radical (unpaired) electrons. The van der Waals surface area contributed by atoms with Gasteiger partial charge < -0.3 is 19.3 Å². The van der Waals surface area contributed by atoms with Crippen LogP contribution in [0.15, 0.2) is 102 Å². The van der Waals surface area contributed by atoms with Gasteiger partial charge in [-0.3, -0.25) is 9.10 Å². The first-order valence-corrected chi connectivity index (χ1v) is 15.5. The Bertz CT molecular complexity index is 1790. The molecule has 1 aliphatic rings. The van der Waals surface area contributed by atoms with Gasteiger partial charge >= 0.3 is 0 Å². The van der Waals surface area contributed by atoms with Gasteiger partial charge in [0.25, 0.3) is 15.9 Å². The predicted octanol–water partition coefficient (Wildman–Crippen LogP) is 4.83. The third kappa shape index (κ3) is 5.38. The maximum absolute atomic E-state index is 14.1. The zero-order chi connectivity index (χ0) is 29.3. The molecule has 0 unspecified atom stereocenters. The normalized spacial score (nSPS) is 14.8. The maximum Gasteiger partial charge on any atom is 0.264 e. The SMILES string of the molecule is Cc1ccc(S(=O)(=O)N(C[C@H](O)Cn2c3ccccc3c3ccccc32)c2cccc(C(=O)N3CCOCC3)c2)cc1. The molecule has 0 saturated carbocycles. The van der Waals surface area contributed by atoms with E-state index in [0.717, 1.165) is 27.4 Å². The molecule has 216 valence electrons. The number of aryl methyl sites for hydroxylation is 1. The number of para-hydroxylation sites is 2. The van der Waals surface area contributed by atoms with Gasteiger partial charge in [-0.15, -0.1) is 0 Å². The van der Waals surface area contributed by atoms with Gasteiger partial charge in [0.05, 0.1) is 43.0 Å². The molecule has 1 aliphatic heterocycles. The van der Waals surface area contributed by atoms with Crippen molar-refractivity contribution < 1.29 is 23.1 Å². The Morgan fingerprint density at radius 2 is 1.50 bits per heavy atom. The Hall–Kier alpha value is -4.18. The van der Waals surface area contributed by atoms with Crippen molar-refractivity contribution in [1.82, 2.24) is 9.47 Å². The van der Waals surface area contributed by atoms with E-state index in [1.807, 2.05) is 60.0 Å². The van der Waals surface area contributed by atoms with Crippen LogP contribution in [0.25, 0.3) is 21.8 Å². The zero-order valence-electron chi connectivity index (χ0n) is 23.4. The molecule has 42 heavy (non-hydrogen) atoms. The van der Waals surface area contributed by atoms with E-state index in [1.54, 1.807) is 53.4 Å². The Balaban J connectivity index is 1.37. The minimum atomic E-state index is -4.08. The van der Waals surface area contributed by atoms with E-state index in [9.17, 15) is 18.3 Å². The molecule has 9 heteroatoms. The molecular formula is C33H33N3O5S. The fourth-order valence-electron chi connectivity index (χ4n) is 5.58. The lowest BCUT2D eigenvalue weighted by Crippen LogP contribution is -2.41. The van der Waals surface area contributed by atoms with Gasteiger partial charge in [0.2, 0.25) is 0 Å². The molecule has 5 aromatic rings. The summed E-state index contributed by atoms with van der Waals surface area (Å²) >= 11 is 0. The molecule has 2 heterocycles. The first kappa shape index (κ1) is 28.0. The lowest BCUT2D eigenvalue weighted by Gasteiger charge is -2.29. The number of aliphatic hydroxyl groups excluding tert-OH is 1. The second-order valence-corrected chi connectivity index (χ2v) is 12.5. The number of sulfonamides is 1. The summed E-state index contributed by atoms with van der Waals surface area (Å²) in [5, 5.41) is 13.6. The van der Waals surface area contributed by atoms with Crippen LogP contribution in [0.5, 0.6) is 0 Å². The standard InChI is InChI=1S/C33H33N3O5S/c1-24-13-15-28(16-14-24)42(39,40)36(26-8-6-7-25(21-26)33(38)34-17-19-41-20-18-34)23-27(37)22-35-31-11-4-2-9-29(31)30-10-3-5-12-32(30)35/h2-16,21,27,37H,17-20,22-23H2,1H3/t27-/m1/s1. The quantitative estimate of drug-likeness (QED) is 0.283. The van der Waals surface area contributed by atoms with Gasteiger partial charge in [0.1, 0.15) is 0 Å². The predicted molar refractivity (Wildman–Crippen MR) is 164 cm³/mol. The summed E-state index contributed by atoms with van der Waals surface area (Å²) < 4.78 is 36.8. The number of ether oxygens (including phenoxy) is 1. The maximum atomic E-state index is 14.1. The van der Waals surface area contributed by atoms with Crippen LogP contribution in [0.3, 0.4) is 0 Å². The number of aliphatic hydroxyl groups is 1. The number of fused-ring (bicyclic) bond motifs is 3. The highest BCUT2D eigenvalue weighted by molar-refractivity contribution is 7.92. The summed E-state index contributed by atoms with van der Waals surface area (Å²) in [4.78, 5) is 15.1. The summed E-state index contributed by atoms with van der Waals surface area (Å²) in [7, 11) is -4.08. The Kier molecular flexibility index (Phi) is 7.72. The van der Waals surface area contributed by atoms with Crippen molar-refractivity contribution in [3.63, 3.8) is 0 Å². The molecule has 0 bridgehead atoms. The molecule has 1 atom stereocenters. The van der Waals surface area contributed by atoms with E-state index in [2.05, 4.69) is 0 Å². The lowest BCUT2D eigenvalue weighted by atomic mass is 10.1. The average Bonchev–Trinajstić information content (AvgIpc) is 3.33. The first-order valence-electron chi connectivity index (χ1n) is 14.0. The number of morpholine rings is 1. The van der Waals surface area contributed by atoms with E-state index in [-0.39, 0.29) is 23.9 Å². The molecule has 0 aliphatic carbocycles. The van der Waals surface area contributed by atoms with E-state index in [4.69, 9.17) is 4.74 Å². The highest BCUT2D eigenvalue weighted by Crippen LogP contribution is 2.30. The van der Waals surface area contributed by atoms with Crippen LogP contribution in [0.4, 0.5) is 5.69 Å². The van der Waals surface area contributed by atoms with Crippen LogP contribution in [0.2, 0.25) is 0 Å². The number of aromatic nitrogens is 1. The van der Waals surface area contributed by atoms with Gasteiger partial charge in [-0.05, 0) is 49.4 Å². The van der Waals surface area contributed by atoms with Gasteiger partial charge in [0, 0.05) is 40.5 Å². The monoisotopic (exact) mass is 583 g/mol. The van der Waals surface area contributed by atoms with Crippen molar-refractivity contribution in [2.24, 2.45) is 0 Å². The van der Waals surface area contributed by atoms with E-state index < -0.39 is 16.1 Å². The molecule has 1 N–H and O–H groups in total. The number of nitrogens with zero attached hydrogens (tertiary/aromatic N) is 3. The second kappa shape index (κ2) is 11.6. The van der Waals surface area contributed by atoms with Crippen molar-refractivity contribution in [1.29, 1.82) is 0 Å². The minimum absolute atomic E-state index is 0.113. The van der Waals surface area contributed by atoms with Crippen LogP contribution >= 0.6 is 0 Å². The first-order chi connectivity index (χ1) is 20.3. The van der Waals surface area contributed by atoms with E-state index in [1.165, 1.54) is 4.31 Å². The number of rotatable bonds is 8. The summed E-state index contributed by atoms with van der Waals surface area (Å²) in [5.41, 5.74) is 3.56. The van der Waals surface area contributed by atoms with Crippen molar-refractivity contribution >= 4 is 43.4 Å². The van der Waals surface area contributed by atoms with E-state index in [0.29, 0.717) is 37.6 Å². The molecule has 8 nitrogen and oxygen atoms in total. The minimum Gasteiger partial charge on any atom is -0.389 e. The number of carbonyl (C=O) groups is 1. The lowest BCUT2D eigenvalue weighted by molar-refractivity contribution is 0.0303. The third-order valence-electron chi connectivity index (χ3n) is 7.74. The molecule has 1 aromatic heterocycles. The van der Waals surface area contributed by atoms with Crippen LogP contribution in [-0.2, 0) is 21.3 Å².